The van der Waals surface area contributed by atoms with E-state index in [1.54, 1.807) is 43.3 Å². The van der Waals surface area contributed by atoms with Gasteiger partial charge in [0.2, 0.25) is 0 Å². The van der Waals surface area contributed by atoms with Crippen molar-refractivity contribution in [3.63, 3.8) is 0 Å². The topological polar surface area (TPSA) is 55.4 Å². The van der Waals surface area contributed by atoms with Crippen molar-refractivity contribution in [2.24, 2.45) is 0 Å². The lowest BCUT2D eigenvalue weighted by molar-refractivity contribution is 0.415. The summed E-state index contributed by atoms with van der Waals surface area (Å²) in [6.45, 7) is 3.64. The summed E-state index contributed by atoms with van der Waals surface area (Å²) in [7, 11) is -2.06. The third kappa shape index (κ3) is 3.11. The van der Waals surface area contributed by atoms with Gasteiger partial charge in [0, 0.05) is 6.07 Å². The van der Waals surface area contributed by atoms with Gasteiger partial charge in [-0.3, -0.25) is 4.72 Å². The van der Waals surface area contributed by atoms with Crippen molar-refractivity contribution in [2.45, 2.75) is 18.7 Å². The Hall–Kier alpha value is -2.01. The van der Waals surface area contributed by atoms with Crippen LogP contribution in [0.2, 0.25) is 0 Å². The zero-order valence-corrected chi connectivity index (χ0v) is 12.5. The molecule has 4 nitrogen and oxygen atoms in total. The monoisotopic (exact) mass is 291 g/mol. The van der Waals surface area contributed by atoms with Gasteiger partial charge < -0.3 is 4.74 Å². The van der Waals surface area contributed by atoms with Crippen LogP contribution < -0.4 is 9.46 Å². The average molecular weight is 291 g/mol. The number of hydrogen-bond donors (Lipinski definition) is 1. The van der Waals surface area contributed by atoms with Gasteiger partial charge in [-0.25, -0.2) is 8.42 Å². The molecule has 1 N–H and O–H groups in total. The average Bonchev–Trinajstić information content (AvgIpc) is 2.41. The van der Waals surface area contributed by atoms with E-state index in [0.29, 0.717) is 21.9 Å². The maximum Gasteiger partial charge on any atom is 0.262 e. The zero-order valence-electron chi connectivity index (χ0n) is 11.7. The van der Waals surface area contributed by atoms with E-state index < -0.39 is 10.0 Å². The Bertz CT molecular complexity index is 724. The summed E-state index contributed by atoms with van der Waals surface area (Å²) >= 11 is 0. The van der Waals surface area contributed by atoms with Gasteiger partial charge in [0.05, 0.1) is 17.7 Å². The molecular weight excluding hydrogens is 274 g/mol. The molecule has 2 aromatic carbocycles. The number of benzene rings is 2. The van der Waals surface area contributed by atoms with Crippen LogP contribution in [0.3, 0.4) is 0 Å². The first kappa shape index (κ1) is 14.4. The summed E-state index contributed by atoms with van der Waals surface area (Å²) in [5, 5.41) is 0. The molecule has 0 aliphatic carbocycles. The minimum absolute atomic E-state index is 0.292. The maximum atomic E-state index is 12.4. The first-order valence-corrected chi connectivity index (χ1v) is 7.65. The minimum atomic E-state index is -3.60. The lowest BCUT2D eigenvalue weighted by Crippen LogP contribution is -2.14. The molecule has 0 unspecified atom stereocenters. The summed E-state index contributed by atoms with van der Waals surface area (Å²) in [6.07, 6.45) is 0. The van der Waals surface area contributed by atoms with Crippen LogP contribution in [0.1, 0.15) is 11.1 Å². The fourth-order valence-electron chi connectivity index (χ4n) is 1.89. The molecule has 0 aliphatic heterocycles. The SMILES string of the molecule is COc1cccc(NS(=O)(=O)c2cc(C)ccc2C)c1. The molecule has 0 heterocycles. The van der Waals surface area contributed by atoms with Crippen molar-refractivity contribution >= 4 is 15.7 Å². The predicted molar refractivity (Wildman–Crippen MR) is 79.7 cm³/mol. The van der Waals surface area contributed by atoms with Crippen LogP contribution in [0.4, 0.5) is 5.69 Å². The normalized spacial score (nSPS) is 11.2. The van der Waals surface area contributed by atoms with Gasteiger partial charge in [-0.2, -0.15) is 0 Å². The number of nitrogens with one attached hydrogen (secondary N) is 1. The number of sulfonamides is 1. The molecule has 0 aliphatic rings. The van der Waals surface area contributed by atoms with E-state index in [4.69, 9.17) is 4.74 Å². The highest BCUT2D eigenvalue weighted by atomic mass is 32.2. The largest absolute Gasteiger partial charge is 0.497 e. The predicted octanol–water partition coefficient (Wildman–Crippen LogP) is 3.11. The zero-order chi connectivity index (χ0) is 14.8. The van der Waals surface area contributed by atoms with Crippen LogP contribution in [0.15, 0.2) is 47.4 Å². The number of ether oxygens (including phenoxy) is 1. The highest BCUT2D eigenvalue weighted by Gasteiger charge is 2.17. The quantitative estimate of drug-likeness (QED) is 0.941. The lowest BCUT2D eigenvalue weighted by Gasteiger charge is -2.11. The van der Waals surface area contributed by atoms with Crippen LogP contribution in [0.25, 0.3) is 0 Å². The second-order valence-corrected chi connectivity index (χ2v) is 6.26. The van der Waals surface area contributed by atoms with Crippen molar-refractivity contribution in [3.05, 3.63) is 53.6 Å². The van der Waals surface area contributed by atoms with E-state index in [0.717, 1.165) is 5.56 Å². The van der Waals surface area contributed by atoms with E-state index in [1.807, 2.05) is 13.0 Å². The van der Waals surface area contributed by atoms with E-state index in [9.17, 15) is 8.42 Å². The minimum Gasteiger partial charge on any atom is -0.497 e. The summed E-state index contributed by atoms with van der Waals surface area (Å²) < 4.78 is 32.5. The molecule has 106 valence electrons. The molecule has 0 atom stereocenters. The van der Waals surface area contributed by atoms with E-state index >= 15 is 0 Å². The van der Waals surface area contributed by atoms with Gasteiger partial charge >= 0.3 is 0 Å². The van der Waals surface area contributed by atoms with Crippen molar-refractivity contribution in [2.75, 3.05) is 11.8 Å². The molecule has 2 aromatic rings. The van der Waals surface area contributed by atoms with Gasteiger partial charge in [0.25, 0.3) is 10.0 Å². The Labute approximate surface area is 119 Å². The fourth-order valence-corrected chi connectivity index (χ4v) is 3.27. The fraction of sp³-hybridized carbons (Fsp3) is 0.200. The number of methoxy groups -OCH3 is 1. The van der Waals surface area contributed by atoms with Crippen molar-refractivity contribution in [1.82, 2.24) is 0 Å². The highest BCUT2D eigenvalue weighted by Crippen LogP contribution is 2.23. The number of anilines is 1. The van der Waals surface area contributed by atoms with Gasteiger partial charge in [0.15, 0.2) is 0 Å². The van der Waals surface area contributed by atoms with Crippen molar-refractivity contribution < 1.29 is 13.2 Å². The maximum absolute atomic E-state index is 12.4. The molecule has 0 saturated carbocycles. The molecule has 0 fully saturated rings. The van der Waals surface area contributed by atoms with Crippen molar-refractivity contribution in [3.8, 4) is 5.75 Å². The molecule has 0 spiro atoms. The molecule has 0 radical (unpaired) electrons. The van der Waals surface area contributed by atoms with E-state index in [2.05, 4.69) is 4.72 Å². The second kappa shape index (κ2) is 5.54. The van der Waals surface area contributed by atoms with Crippen LogP contribution in [0, 0.1) is 13.8 Å². The smallest absolute Gasteiger partial charge is 0.262 e. The number of rotatable bonds is 4. The summed E-state index contributed by atoms with van der Waals surface area (Å²) in [5.74, 6) is 0.603. The van der Waals surface area contributed by atoms with Crippen LogP contribution in [-0.2, 0) is 10.0 Å². The molecular formula is C15H17NO3S. The van der Waals surface area contributed by atoms with Gasteiger partial charge in [-0.1, -0.05) is 18.2 Å². The van der Waals surface area contributed by atoms with Crippen LogP contribution in [-0.4, -0.2) is 15.5 Å². The van der Waals surface area contributed by atoms with Crippen molar-refractivity contribution in [1.29, 1.82) is 0 Å². The highest BCUT2D eigenvalue weighted by molar-refractivity contribution is 7.92. The van der Waals surface area contributed by atoms with E-state index in [-0.39, 0.29) is 0 Å². The van der Waals surface area contributed by atoms with Crippen LogP contribution >= 0.6 is 0 Å². The van der Waals surface area contributed by atoms with Crippen LogP contribution in [0.5, 0.6) is 5.75 Å². The Morgan fingerprint density at radius 3 is 2.50 bits per heavy atom. The van der Waals surface area contributed by atoms with Gasteiger partial charge in [-0.05, 0) is 43.2 Å². The third-order valence-electron chi connectivity index (χ3n) is 2.96. The first-order chi connectivity index (χ1) is 9.42. The summed E-state index contributed by atoms with van der Waals surface area (Å²) in [4.78, 5) is 0.292. The van der Waals surface area contributed by atoms with Gasteiger partial charge in [-0.15, -0.1) is 0 Å². The first-order valence-electron chi connectivity index (χ1n) is 6.16. The molecule has 5 heteroatoms. The Morgan fingerprint density at radius 2 is 1.80 bits per heavy atom. The van der Waals surface area contributed by atoms with E-state index in [1.165, 1.54) is 7.11 Å². The number of hydrogen-bond acceptors (Lipinski definition) is 3. The molecule has 0 amide bonds. The molecule has 0 bridgehead atoms. The number of aryl methyl sites for hydroxylation is 2. The molecule has 2 rings (SSSR count). The molecule has 20 heavy (non-hydrogen) atoms. The molecule has 0 saturated heterocycles. The Morgan fingerprint density at radius 1 is 1.05 bits per heavy atom. The summed E-state index contributed by atoms with van der Waals surface area (Å²) in [6, 6.07) is 12.2. The second-order valence-electron chi connectivity index (χ2n) is 4.61. The Kier molecular flexibility index (Phi) is 3.99. The standard InChI is InChI=1S/C15H17NO3S/c1-11-7-8-12(2)15(9-11)20(17,18)16-13-5-4-6-14(10-13)19-3/h4-10,16H,1-3H3. The summed E-state index contributed by atoms with van der Waals surface area (Å²) in [5.41, 5.74) is 2.10. The molecule has 0 aromatic heterocycles. The lowest BCUT2D eigenvalue weighted by atomic mass is 10.2. The third-order valence-corrected chi connectivity index (χ3v) is 4.48. The van der Waals surface area contributed by atoms with Gasteiger partial charge in [0.1, 0.15) is 5.75 Å². The Balaban J connectivity index is 2.38.